The fraction of sp³-hybridized carbons (Fsp3) is 0.182. The van der Waals surface area contributed by atoms with Crippen molar-refractivity contribution in [1.82, 2.24) is 4.98 Å². The molecule has 0 fully saturated rings. The molecule has 1 aromatic heterocycles. The zero-order chi connectivity index (χ0) is 17.8. The third kappa shape index (κ3) is 3.45. The number of rotatable bonds is 4. The predicted molar refractivity (Wildman–Crippen MR) is 101 cm³/mol. The number of carbonyl (C=O) groups excluding carboxylic acids is 1. The van der Waals surface area contributed by atoms with Crippen LogP contribution in [0.3, 0.4) is 0 Å². The molecule has 26 heavy (non-hydrogen) atoms. The number of carbonyl (C=O) groups is 1. The molecule has 4 rings (SSSR count). The van der Waals surface area contributed by atoms with Gasteiger partial charge in [0.1, 0.15) is 18.2 Å². The van der Waals surface area contributed by atoms with Gasteiger partial charge in [0.05, 0.1) is 12.5 Å². The van der Waals surface area contributed by atoms with Gasteiger partial charge in [-0.15, -0.1) is 0 Å². The zero-order valence-corrected chi connectivity index (χ0v) is 14.4. The number of para-hydroxylation sites is 1. The zero-order valence-electron chi connectivity index (χ0n) is 14.4. The Morgan fingerprint density at radius 2 is 1.77 bits per heavy atom. The lowest BCUT2D eigenvalue weighted by atomic mass is 9.95. The van der Waals surface area contributed by atoms with Crippen LogP contribution >= 0.6 is 0 Å². The van der Waals surface area contributed by atoms with E-state index in [4.69, 9.17) is 4.74 Å². The van der Waals surface area contributed by atoms with E-state index in [1.165, 1.54) is 0 Å². The molecule has 0 saturated heterocycles. The van der Waals surface area contributed by atoms with E-state index in [0.29, 0.717) is 25.4 Å². The Hall–Kier alpha value is -3.14. The first kappa shape index (κ1) is 16.3. The SMILES string of the molecule is O=C(C1COc2ccccc2C1)N(Cc1ccccc1)c1ccccn1. The molecule has 130 valence electrons. The van der Waals surface area contributed by atoms with Crippen molar-refractivity contribution in [2.45, 2.75) is 13.0 Å². The molecule has 0 N–H and O–H groups in total. The van der Waals surface area contributed by atoms with Crippen molar-refractivity contribution < 1.29 is 9.53 Å². The van der Waals surface area contributed by atoms with Crippen LogP contribution < -0.4 is 9.64 Å². The Bertz CT molecular complexity index is 881. The van der Waals surface area contributed by atoms with E-state index in [9.17, 15) is 4.79 Å². The number of aromatic nitrogens is 1. The van der Waals surface area contributed by atoms with Crippen molar-refractivity contribution >= 4 is 11.7 Å². The maximum atomic E-state index is 13.3. The van der Waals surface area contributed by atoms with E-state index in [1.54, 1.807) is 11.1 Å². The molecule has 0 aliphatic carbocycles. The maximum Gasteiger partial charge on any atom is 0.235 e. The van der Waals surface area contributed by atoms with Gasteiger partial charge in [0, 0.05) is 6.20 Å². The van der Waals surface area contributed by atoms with Gasteiger partial charge in [-0.1, -0.05) is 54.6 Å². The first-order valence-corrected chi connectivity index (χ1v) is 8.78. The fourth-order valence-corrected chi connectivity index (χ4v) is 3.26. The molecule has 2 heterocycles. The lowest BCUT2D eigenvalue weighted by Crippen LogP contribution is -2.41. The van der Waals surface area contributed by atoms with E-state index < -0.39 is 0 Å². The topological polar surface area (TPSA) is 42.4 Å². The highest BCUT2D eigenvalue weighted by Crippen LogP contribution is 2.29. The number of ether oxygens (including phenoxy) is 1. The lowest BCUT2D eigenvalue weighted by molar-refractivity contribution is -0.123. The predicted octanol–water partition coefficient (Wildman–Crippen LogP) is 3.87. The Labute approximate surface area is 153 Å². The van der Waals surface area contributed by atoms with Crippen molar-refractivity contribution in [1.29, 1.82) is 0 Å². The van der Waals surface area contributed by atoms with E-state index in [2.05, 4.69) is 4.98 Å². The Morgan fingerprint density at radius 3 is 2.58 bits per heavy atom. The number of fused-ring (bicyclic) bond motifs is 1. The summed E-state index contributed by atoms with van der Waals surface area (Å²) in [5.74, 6) is 1.38. The third-order valence-corrected chi connectivity index (χ3v) is 4.60. The second kappa shape index (κ2) is 7.40. The van der Waals surface area contributed by atoms with Gasteiger partial charge in [0.25, 0.3) is 0 Å². The molecule has 0 saturated carbocycles. The summed E-state index contributed by atoms with van der Waals surface area (Å²) < 4.78 is 5.83. The highest BCUT2D eigenvalue weighted by atomic mass is 16.5. The maximum absolute atomic E-state index is 13.3. The average Bonchev–Trinajstić information content (AvgIpc) is 2.72. The summed E-state index contributed by atoms with van der Waals surface area (Å²) >= 11 is 0. The van der Waals surface area contributed by atoms with Crippen LogP contribution in [0.4, 0.5) is 5.82 Å². The summed E-state index contributed by atoms with van der Waals surface area (Å²) in [6.45, 7) is 0.892. The number of amides is 1. The second-order valence-corrected chi connectivity index (χ2v) is 6.42. The van der Waals surface area contributed by atoms with E-state index >= 15 is 0 Å². The van der Waals surface area contributed by atoms with E-state index in [1.807, 2.05) is 72.8 Å². The van der Waals surface area contributed by atoms with Gasteiger partial charge < -0.3 is 4.74 Å². The molecule has 1 amide bonds. The van der Waals surface area contributed by atoms with Crippen LogP contribution in [0.5, 0.6) is 5.75 Å². The van der Waals surface area contributed by atoms with Crippen LogP contribution in [0.2, 0.25) is 0 Å². The molecular formula is C22H20N2O2. The van der Waals surface area contributed by atoms with Gasteiger partial charge in [0.2, 0.25) is 5.91 Å². The summed E-state index contributed by atoms with van der Waals surface area (Å²) in [4.78, 5) is 19.5. The smallest absolute Gasteiger partial charge is 0.235 e. The van der Waals surface area contributed by atoms with Crippen LogP contribution in [0.15, 0.2) is 79.0 Å². The van der Waals surface area contributed by atoms with Gasteiger partial charge in [0.15, 0.2) is 0 Å². The van der Waals surface area contributed by atoms with Crippen molar-refractivity contribution in [2.75, 3.05) is 11.5 Å². The molecule has 1 unspecified atom stereocenters. The highest BCUT2D eigenvalue weighted by Gasteiger charge is 2.30. The summed E-state index contributed by atoms with van der Waals surface area (Å²) in [7, 11) is 0. The summed E-state index contributed by atoms with van der Waals surface area (Å²) in [6.07, 6.45) is 2.40. The fourth-order valence-electron chi connectivity index (χ4n) is 3.26. The molecule has 4 nitrogen and oxygen atoms in total. The minimum absolute atomic E-state index is 0.0436. The molecule has 2 aromatic carbocycles. The second-order valence-electron chi connectivity index (χ2n) is 6.42. The number of hydrogen-bond donors (Lipinski definition) is 0. The summed E-state index contributed by atoms with van der Waals surface area (Å²) in [5.41, 5.74) is 2.15. The molecule has 1 aliphatic heterocycles. The molecule has 1 atom stereocenters. The monoisotopic (exact) mass is 344 g/mol. The Balaban J connectivity index is 1.60. The first-order chi connectivity index (χ1) is 12.8. The van der Waals surface area contributed by atoms with Gasteiger partial charge in [-0.2, -0.15) is 0 Å². The standard InChI is InChI=1S/C22H20N2O2/c25-22(19-14-18-10-4-5-11-20(18)26-16-19)24(21-12-6-7-13-23-21)15-17-8-2-1-3-9-17/h1-13,19H,14-16H2. The van der Waals surface area contributed by atoms with Crippen molar-refractivity contribution in [3.63, 3.8) is 0 Å². The summed E-state index contributed by atoms with van der Waals surface area (Å²) in [5, 5.41) is 0. The van der Waals surface area contributed by atoms with Crippen LogP contribution in [0, 0.1) is 5.92 Å². The molecule has 1 aliphatic rings. The number of pyridine rings is 1. The average molecular weight is 344 g/mol. The number of nitrogens with zero attached hydrogens (tertiary/aromatic N) is 2. The number of anilines is 1. The van der Waals surface area contributed by atoms with Crippen molar-refractivity contribution in [2.24, 2.45) is 5.92 Å². The molecule has 0 spiro atoms. The Kier molecular flexibility index (Phi) is 4.65. The third-order valence-electron chi connectivity index (χ3n) is 4.60. The van der Waals surface area contributed by atoms with Crippen LogP contribution in [-0.4, -0.2) is 17.5 Å². The number of hydrogen-bond acceptors (Lipinski definition) is 3. The summed E-state index contributed by atoms with van der Waals surface area (Å²) in [6, 6.07) is 23.5. The van der Waals surface area contributed by atoms with Crippen LogP contribution in [0.1, 0.15) is 11.1 Å². The number of benzene rings is 2. The van der Waals surface area contributed by atoms with Gasteiger partial charge in [-0.3, -0.25) is 9.69 Å². The van der Waals surface area contributed by atoms with Gasteiger partial charge in [-0.05, 0) is 35.7 Å². The van der Waals surface area contributed by atoms with Gasteiger partial charge >= 0.3 is 0 Å². The Morgan fingerprint density at radius 1 is 1.00 bits per heavy atom. The normalized spacial score (nSPS) is 15.6. The molecule has 0 radical (unpaired) electrons. The minimum atomic E-state index is -0.212. The molecule has 0 bridgehead atoms. The lowest BCUT2D eigenvalue weighted by Gasteiger charge is -2.30. The van der Waals surface area contributed by atoms with Crippen molar-refractivity contribution in [3.8, 4) is 5.75 Å². The largest absolute Gasteiger partial charge is 0.492 e. The first-order valence-electron chi connectivity index (χ1n) is 8.78. The van der Waals surface area contributed by atoms with Gasteiger partial charge in [-0.25, -0.2) is 4.98 Å². The van der Waals surface area contributed by atoms with E-state index in [0.717, 1.165) is 16.9 Å². The molecule has 4 heteroatoms. The minimum Gasteiger partial charge on any atom is -0.492 e. The quantitative estimate of drug-likeness (QED) is 0.722. The van der Waals surface area contributed by atoms with Crippen LogP contribution in [0.25, 0.3) is 0 Å². The molecule has 3 aromatic rings. The molecular weight excluding hydrogens is 324 g/mol. The van der Waals surface area contributed by atoms with Crippen molar-refractivity contribution in [3.05, 3.63) is 90.1 Å². The van der Waals surface area contributed by atoms with E-state index in [-0.39, 0.29) is 11.8 Å². The van der Waals surface area contributed by atoms with Crippen LogP contribution in [-0.2, 0) is 17.8 Å². The highest BCUT2D eigenvalue weighted by molar-refractivity contribution is 5.94.